The number of aromatic nitrogens is 4. The number of carbonyl (C=O) groups is 2. The predicted molar refractivity (Wildman–Crippen MR) is 174 cm³/mol. The number of ether oxygens (including phenoxy) is 2. The Morgan fingerprint density at radius 2 is 1.70 bits per heavy atom. The van der Waals surface area contributed by atoms with Gasteiger partial charge in [0.25, 0.3) is 5.91 Å². The van der Waals surface area contributed by atoms with Crippen LogP contribution in [0.15, 0.2) is 79.1 Å². The first kappa shape index (κ1) is 32.1. The molecule has 1 atom stereocenters. The molecule has 2 aromatic heterocycles. The fraction of sp³-hybridized carbons (Fsp3) is 0.400. The van der Waals surface area contributed by atoms with Gasteiger partial charge in [-0.3, -0.25) is 14.5 Å². The smallest absolute Gasteiger partial charge is 0.257 e. The van der Waals surface area contributed by atoms with Gasteiger partial charge in [0.1, 0.15) is 24.0 Å². The van der Waals surface area contributed by atoms with Gasteiger partial charge in [-0.15, -0.1) is 5.10 Å². The number of nitrogens with zero attached hydrogens (tertiary/aromatic N) is 6. The van der Waals surface area contributed by atoms with Crippen LogP contribution in [0.1, 0.15) is 40.0 Å². The van der Waals surface area contributed by atoms with Crippen molar-refractivity contribution in [1.29, 1.82) is 0 Å². The Balaban J connectivity index is 1.20. The van der Waals surface area contributed by atoms with Crippen molar-refractivity contribution in [2.45, 2.75) is 38.4 Å². The molecule has 0 aliphatic carbocycles. The molecule has 12 nitrogen and oxygen atoms in total. The van der Waals surface area contributed by atoms with Gasteiger partial charge in [-0.1, -0.05) is 53.7 Å². The van der Waals surface area contributed by atoms with E-state index >= 15 is 0 Å². The van der Waals surface area contributed by atoms with Crippen molar-refractivity contribution < 1.29 is 24.2 Å². The normalized spacial score (nSPS) is 20.1. The Morgan fingerprint density at radius 1 is 0.894 bits per heavy atom. The van der Waals surface area contributed by atoms with E-state index in [9.17, 15) is 14.7 Å². The number of fused-ring (bicyclic) bond motifs is 12. The summed E-state index contributed by atoms with van der Waals surface area (Å²) in [5.41, 5.74) is 2.80. The van der Waals surface area contributed by atoms with Gasteiger partial charge in [-0.25, -0.2) is 9.67 Å². The molecule has 12 heteroatoms. The third kappa shape index (κ3) is 8.72. The quantitative estimate of drug-likeness (QED) is 0.306. The monoisotopic (exact) mass is 639 g/mol. The van der Waals surface area contributed by atoms with Gasteiger partial charge in [0.15, 0.2) is 0 Å². The van der Waals surface area contributed by atoms with Gasteiger partial charge in [0.05, 0.1) is 25.5 Å². The fourth-order valence-electron chi connectivity index (χ4n) is 6.14. The standard InChI is InChI=1S/C35H41N7O5/c43-32-11-5-4-9-28(32)24-40-17-18-46-19-20-47-34-30(10-6-14-36-34)33(44)37-31(35(45)41-15-12-27(22-40)13-16-41)21-29-25-42(39-38-29)23-26-7-2-1-3-8-26/h1-11,14,25,27,31,43H,12-13,15-24H2,(H,37,44)/t31-/m1/s1. The number of nitrogens with one attached hydrogen (secondary N) is 1. The van der Waals surface area contributed by atoms with E-state index in [2.05, 4.69) is 25.5 Å². The van der Waals surface area contributed by atoms with Crippen molar-refractivity contribution in [1.82, 2.24) is 35.1 Å². The summed E-state index contributed by atoms with van der Waals surface area (Å²) >= 11 is 0. The Hall–Kier alpha value is -4.81. The molecule has 0 saturated carbocycles. The van der Waals surface area contributed by atoms with Gasteiger partial charge < -0.3 is 24.8 Å². The summed E-state index contributed by atoms with van der Waals surface area (Å²) in [5, 5.41) is 22.0. The zero-order chi connectivity index (χ0) is 32.4. The Morgan fingerprint density at radius 3 is 2.53 bits per heavy atom. The first-order valence-corrected chi connectivity index (χ1v) is 16.2. The van der Waals surface area contributed by atoms with Crippen molar-refractivity contribution in [3.05, 3.63) is 102 Å². The summed E-state index contributed by atoms with van der Waals surface area (Å²) < 4.78 is 13.5. The minimum absolute atomic E-state index is 0.152. The molecule has 3 aliphatic rings. The van der Waals surface area contributed by atoms with E-state index in [1.54, 1.807) is 29.1 Å². The van der Waals surface area contributed by atoms with E-state index in [1.807, 2.05) is 59.6 Å². The molecule has 0 radical (unpaired) electrons. The third-order valence-corrected chi connectivity index (χ3v) is 8.65. The van der Waals surface area contributed by atoms with Gasteiger partial charge >= 0.3 is 0 Å². The van der Waals surface area contributed by atoms with Crippen LogP contribution in [0, 0.1) is 5.92 Å². The van der Waals surface area contributed by atoms with Crippen LogP contribution in [0.25, 0.3) is 0 Å². The first-order valence-electron chi connectivity index (χ1n) is 16.2. The van der Waals surface area contributed by atoms with Crippen LogP contribution in [0.2, 0.25) is 0 Å². The van der Waals surface area contributed by atoms with Crippen LogP contribution in [0.5, 0.6) is 11.6 Å². The van der Waals surface area contributed by atoms with Crippen LogP contribution in [-0.2, 0) is 29.0 Å². The van der Waals surface area contributed by atoms with Crippen LogP contribution in [0.3, 0.4) is 0 Å². The maximum absolute atomic E-state index is 14.1. The van der Waals surface area contributed by atoms with E-state index in [0.29, 0.717) is 57.5 Å². The summed E-state index contributed by atoms with van der Waals surface area (Å²) in [4.78, 5) is 36.1. The molecular weight excluding hydrogens is 598 g/mol. The zero-order valence-electron chi connectivity index (χ0n) is 26.4. The van der Waals surface area contributed by atoms with E-state index < -0.39 is 11.9 Å². The lowest BCUT2D eigenvalue weighted by Crippen LogP contribution is -2.52. The molecule has 2 bridgehead atoms. The first-order chi connectivity index (χ1) is 23.0. The maximum Gasteiger partial charge on any atom is 0.257 e. The molecule has 5 heterocycles. The molecule has 2 N–H and O–H groups in total. The second-order valence-electron chi connectivity index (χ2n) is 12.1. The average molecular weight is 640 g/mol. The minimum atomic E-state index is -0.853. The molecule has 246 valence electrons. The van der Waals surface area contributed by atoms with Crippen molar-refractivity contribution >= 4 is 11.8 Å². The number of piperidine rings is 1. The number of hydrogen-bond acceptors (Lipinski definition) is 9. The summed E-state index contributed by atoms with van der Waals surface area (Å²) in [6.07, 6.45) is 5.24. The molecule has 2 aromatic carbocycles. The highest BCUT2D eigenvalue weighted by Crippen LogP contribution is 2.24. The fourth-order valence-corrected chi connectivity index (χ4v) is 6.14. The molecular formula is C35H41N7O5. The van der Waals surface area contributed by atoms with Crippen molar-refractivity contribution in [3.63, 3.8) is 0 Å². The van der Waals surface area contributed by atoms with E-state index in [-0.39, 0.29) is 36.1 Å². The van der Waals surface area contributed by atoms with E-state index in [1.165, 1.54) is 0 Å². The van der Waals surface area contributed by atoms with Crippen molar-refractivity contribution in [3.8, 4) is 11.6 Å². The van der Waals surface area contributed by atoms with Gasteiger partial charge in [-0.05, 0) is 42.5 Å². The lowest BCUT2D eigenvalue weighted by molar-refractivity contribution is -0.134. The highest BCUT2D eigenvalue weighted by atomic mass is 16.5. The second kappa shape index (κ2) is 15.7. The highest BCUT2D eigenvalue weighted by molar-refractivity contribution is 5.99. The maximum atomic E-state index is 14.1. The summed E-state index contributed by atoms with van der Waals surface area (Å²) in [6.45, 7) is 4.82. The molecule has 7 rings (SSSR count). The van der Waals surface area contributed by atoms with Crippen LogP contribution < -0.4 is 10.1 Å². The molecule has 47 heavy (non-hydrogen) atoms. The lowest BCUT2D eigenvalue weighted by Gasteiger charge is -2.36. The number of phenolic OH excluding ortho intramolecular Hbond substituents is 1. The molecule has 0 unspecified atom stereocenters. The van der Waals surface area contributed by atoms with Gasteiger partial charge in [0.2, 0.25) is 11.8 Å². The highest BCUT2D eigenvalue weighted by Gasteiger charge is 2.32. The lowest BCUT2D eigenvalue weighted by atomic mass is 9.95. The SMILES string of the molecule is O=C1N[C@H](Cc2cn(Cc3ccccc3)nn2)C(=O)N2CCC(CC2)CN(Cc2ccccc2O)CCOCCOc2ncccc21. The van der Waals surface area contributed by atoms with Crippen LogP contribution in [0.4, 0.5) is 0 Å². The summed E-state index contributed by atoms with van der Waals surface area (Å²) in [5.74, 6) is 0.231. The van der Waals surface area contributed by atoms with Crippen molar-refractivity contribution in [2.24, 2.45) is 5.92 Å². The molecule has 4 aromatic rings. The molecule has 3 aliphatic heterocycles. The summed E-state index contributed by atoms with van der Waals surface area (Å²) in [6, 6.07) is 19.8. The molecule has 1 fully saturated rings. The van der Waals surface area contributed by atoms with Gasteiger partial charge in [0, 0.05) is 57.1 Å². The number of phenols is 1. The van der Waals surface area contributed by atoms with Crippen LogP contribution in [-0.4, -0.2) is 98.7 Å². The number of pyridine rings is 1. The van der Waals surface area contributed by atoms with Crippen molar-refractivity contribution in [2.75, 3.05) is 46.0 Å². The Bertz CT molecular complexity index is 1620. The molecule has 0 spiro atoms. The number of carbonyl (C=O) groups excluding carboxylic acids is 2. The van der Waals surface area contributed by atoms with Crippen LogP contribution >= 0.6 is 0 Å². The minimum Gasteiger partial charge on any atom is -0.508 e. The number of amides is 2. The predicted octanol–water partition coefficient (Wildman–Crippen LogP) is 2.92. The van der Waals surface area contributed by atoms with E-state index in [0.717, 1.165) is 30.5 Å². The third-order valence-electron chi connectivity index (χ3n) is 8.65. The number of rotatable bonds is 6. The van der Waals surface area contributed by atoms with E-state index in [4.69, 9.17) is 9.47 Å². The number of para-hydroxylation sites is 1. The second-order valence-corrected chi connectivity index (χ2v) is 12.1. The largest absolute Gasteiger partial charge is 0.508 e. The summed E-state index contributed by atoms with van der Waals surface area (Å²) in [7, 11) is 0. The average Bonchev–Trinajstić information content (AvgIpc) is 3.53. The Labute approximate surface area is 274 Å². The van der Waals surface area contributed by atoms with Gasteiger partial charge in [-0.2, -0.15) is 0 Å². The molecule has 2 amide bonds. The number of hydrogen-bond donors (Lipinski definition) is 2. The zero-order valence-corrected chi connectivity index (χ0v) is 26.4. The number of aromatic hydroxyl groups is 1. The Kier molecular flexibility index (Phi) is 10.7. The topological polar surface area (TPSA) is 135 Å². The molecule has 1 saturated heterocycles. The number of benzene rings is 2.